The van der Waals surface area contributed by atoms with Crippen molar-refractivity contribution in [3.8, 4) is 5.75 Å². The van der Waals surface area contributed by atoms with Gasteiger partial charge in [0.1, 0.15) is 5.75 Å². The van der Waals surface area contributed by atoms with E-state index in [-0.39, 0.29) is 5.91 Å². The van der Waals surface area contributed by atoms with Gasteiger partial charge in [-0.15, -0.1) is 0 Å². The Morgan fingerprint density at radius 3 is 2.56 bits per heavy atom. The first-order valence-corrected chi connectivity index (χ1v) is 9.28. The first-order chi connectivity index (χ1) is 13.0. The van der Waals surface area contributed by atoms with Crippen LogP contribution in [0.5, 0.6) is 5.75 Å². The summed E-state index contributed by atoms with van der Waals surface area (Å²) in [6, 6.07) is 16.0. The van der Waals surface area contributed by atoms with Gasteiger partial charge in [0.2, 0.25) is 0 Å². The molecule has 1 amide bonds. The molecule has 0 aliphatic rings. The van der Waals surface area contributed by atoms with Crippen molar-refractivity contribution in [3.05, 3.63) is 65.2 Å². The number of aliphatic hydroxyl groups is 1. The van der Waals surface area contributed by atoms with Crippen LogP contribution in [0, 0.1) is 0 Å². The third-order valence-electron chi connectivity index (χ3n) is 4.99. The van der Waals surface area contributed by atoms with Gasteiger partial charge in [0.05, 0.1) is 18.8 Å². The summed E-state index contributed by atoms with van der Waals surface area (Å²) in [5, 5.41) is 13.3. The molecule has 0 radical (unpaired) electrons. The number of nitrogens with one attached hydrogen (secondary N) is 1. The molecule has 0 aliphatic heterocycles. The monoisotopic (exact) mass is 370 g/mol. The normalized spacial score (nSPS) is 13.3. The van der Waals surface area contributed by atoms with Crippen LogP contribution in [0.3, 0.4) is 0 Å². The van der Waals surface area contributed by atoms with Crippen molar-refractivity contribution in [1.29, 1.82) is 0 Å². The smallest absolute Gasteiger partial charge is 0.254 e. The summed E-state index contributed by atoms with van der Waals surface area (Å²) in [7, 11) is 5.12. The topological polar surface area (TPSA) is 61.8 Å². The molecule has 0 fully saturated rings. The minimum Gasteiger partial charge on any atom is -0.496 e. The van der Waals surface area contributed by atoms with Crippen LogP contribution in [-0.4, -0.2) is 49.7 Å². The SMILES string of the molecule is CNC(=O)c1cc(C(O)CN(C)C(C)CCc2ccccc2)ccc1OC. The number of hydrogen-bond acceptors (Lipinski definition) is 4. The molecule has 2 unspecified atom stereocenters. The van der Waals surface area contributed by atoms with Gasteiger partial charge in [0.25, 0.3) is 5.91 Å². The zero-order valence-electron chi connectivity index (χ0n) is 16.6. The van der Waals surface area contributed by atoms with Gasteiger partial charge in [-0.05, 0) is 50.1 Å². The lowest BCUT2D eigenvalue weighted by Gasteiger charge is -2.27. The van der Waals surface area contributed by atoms with Crippen molar-refractivity contribution in [3.63, 3.8) is 0 Å². The quantitative estimate of drug-likeness (QED) is 0.712. The number of hydrogen-bond donors (Lipinski definition) is 2. The Labute approximate surface area is 162 Å². The Morgan fingerprint density at radius 1 is 1.22 bits per heavy atom. The van der Waals surface area contributed by atoms with E-state index in [0.29, 0.717) is 29.5 Å². The van der Waals surface area contributed by atoms with Crippen molar-refractivity contribution < 1.29 is 14.6 Å². The van der Waals surface area contributed by atoms with Crippen LogP contribution in [0.1, 0.15) is 40.9 Å². The zero-order valence-corrected chi connectivity index (χ0v) is 16.6. The molecule has 27 heavy (non-hydrogen) atoms. The van der Waals surface area contributed by atoms with Gasteiger partial charge in [-0.2, -0.15) is 0 Å². The molecule has 2 aromatic carbocycles. The number of amides is 1. The van der Waals surface area contributed by atoms with Crippen LogP contribution in [0.2, 0.25) is 0 Å². The number of likely N-dealkylation sites (N-methyl/N-ethyl adjacent to an activating group) is 1. The second kappa shape index (κ2) is 10.1. The van der Waals surface area contributed by atoms with Gasteiger partial charge >= 0.3 is 0 Å². The highest BCUT2D eigenvalue weighted by molar-refractivity contribution is 5.96. The maximum Gasteiger partial charge on any atom is 0.254 e. The van der Waals surface area contributed by atoms with E-state index < -0.39 is 6.10 Å². The summed E-state index contributed by atoms with van der Waals surface area (Å²) < 4.78 is 5.24. The van der Waals surface area contributed by atoms with Crippen LogP contribution >= 0.6 is 0 Å². The number of aliphatic hydroxyl groups excluding tert-OH is 1. The molecule has 2 N–H and O–H groups in total. The fraction of sp³-hybridized carbons (Fsp3) is 0.409. The largest absolute Gasteiger partial charge is 0.496 e. The highest BCUT2D eigenvalue weighted by Crippen LogP contribution is 2.24. The van der Waals surface area contributed by atoms with E-state index in [2.05, 4.69) is 41.4 Å². The molecule has 146 valence electrons. The van der Waals surface area contributed by atoms with Gasteiger partial charge < -0.3 is 20.1 Å². The molecule has 2 rings (SSSR count). The van der Waals surface area contributed by atoms with E-state index in [9.17, 15) is 9.90 Å². The van der Waals surface area contributed by atoms with Crippen LogP contribution < -0.4 is 10.1 Å². The second-order valence-corrected chi connectivity index (χ2v) is 6.87. The minimum atomic E-state index is -0.677. The first kappa shape index (κ1) is 20.9. The molecule has 5 nitrogen and oxygen atoms in total. The van der Waals surface area contributed by atoms with Gasteiger partial charge in [0.15, 0.2) is 0 Å². The third kappa shape index (κ3) is 5.81. The summed E-state index contributed by atoms with van der Waals surface area (Å²) >= 11 is 0. The Hall–Kier alpha value is -2.37. The van der Waals surface area contributed by atoms with E-state index in [4.69, 9.17) is 4.74 Å². The van der Waals surface area contributed by atoms with Gasteiger partial charge in [-0.1, -0.05) is 36.4 Å². The molecule has 2 atom stereocenters. The molecule has 0 saturated carbocycles. The van der Waals surface area contributed by atoms with Crippen molar-refractivity contribution in [2.75, 3.05) is 27.7 Å². The Morgan fingerprint density at radius 2 is 1.93 bits per heavy atom. The number of methoxy groups -OCH3 is 1. The van der Waals surface area contributed by atoms with Crippen molar-refractivity contribution >= 4 is 5.91 Å². The summed E-state index contributed by atoms with van der Waals surface area (Å²) in [6.07, 6.45) is 1.34. The highest BCUT2D eigenvalue weighted by atomic mass is 16.5. The van der Waals surface area contributed by atoms with Crippen LogP contribution in [-0.2, 0) is 6.42 Å². The molecule has 2 aromatic rings. The lowest BCUT2D eigenvalue weighted by Crippen LogP contribution is -2.33. The van der Waals surface area contributed by atoms with E-state index in [1.54, 1.807) is 25.2 Å². The van der Waals surface area contributed by atoms with Gasteiger partial charge in [-0.3, -0.25) is 4.79 Å². The number of rotatable bonds is 9. The Balaban J connectivity index is 1.98. The number of nitrogens with zero attached hydrogens (tertiary/aromatic N) is 1. The summed E-state index contributed by atoms with van der Waals surface area (Å²) in [6.45, 7) is 2.66. The van der Waals surface area contributed by atoms with Gasteiger partial charge in [-0.25, -0.2) is 0 Å². The van der Waals surface area contributed by atoms with E-state index in [0.717, 1.165) is 12.8 Å². The zero-order chi connectivity index (χ0) is 19.8. The van der Waals surface area contributed by atoms with E-state index >= 15 is 0 Å². The summed E-state index contributed by atoms with van der Waals surface area (Å²) in [4.78, 5) is 14.2. The van der Waals surface area contributed by atoms with Crippen molar-refractivity contribution in [1.82, 2.24) is 10.2 Å². The average molecular weight is 370 g/mol. The van der Waals surface area contributed by atoms with E-state index in [1.165, 1.54) is 12.7 Å². The fourth-order valence-corrected chi connectivity index (χ4v) is 3.04. The molecule has 0 saturated heterocycles. The molecule has 0 bridgehead atoms. The molecular weight excluding hydrogens is 340 g/mol. The van der Waals surface area contributed by atoms with Crippen LogP contribution in [0.15, 0.2) is 48.5 Å². The lowest BCUT2D eigenvalue weighted by molar-refractivity contribution is 0.0957. The highest BCUT2D eigenvalue weighted by Gasteiger charge is 2.18. The molecule has 0 aromatic heterocycles. The maximum atomic E-state index is 12.0. The van der Waals surface area contributed by atoms with E-state index in [1.807, 2.05) is 13.1 Å². The Kier molecular flexibility index (Phi) is 7.82. The lowest BCUT2D eigenvalue weighted by atomic mass is 10.0. The predicted octanol–water partition coefficient (Wildman–Crippen LogP) is 3.04. The molecule has 0 aliphatic carbocycles. The predicted molar refractivity (Wildman–Crippen MR) is 108 cm³/mol. The summed E-state index contributed by atoms with van der Waals surface area (Å²) in [5.41, 5.74) is 2.46. The summed E-state index contributed by atoms with van der Waals surface area (Å²) in [5.74, 6) is 0.264. The number of benzene rings is 2. The maximum absolute atomic E-state index is 12.0. The number of aryl methyl sites for hydroxylation is 1. The Bertz CT molecular complexity index is 734. The van der Waals surface area contributed by atoms with Crippen LogP contribution in [0.4, 0.5) is 0 Å². The molecule has 5 heteroatoms. The average Bonchev–Trinajstić information content (AvgIpc) is 2.71. The third-order valence-corrected chi connectivity index (χ3v) is 4.99. The van der Waals surface area contributed by atoms with Crippen molar-refractivity contribution in [2.24, 2.45) is 0 Å². The standard InChI is InChI=1S/C22H30N2O3/c1-16(10-11-17-8-6-5-7-9-17)24(3)15-20(25)18-12-13-21(27-4)19(14-18)22(26)23-2/h5-9,12-14,16,20,25H,10-11,15H2,1-4H3,(H,23,26). The van der Waals surface area contributed by atoms with Gasteiger partial charge in [0, 0.05) is 19.6 Å². The molecular formula is C22H30N2O3. The van der Waals surface area contributed by atoms with Crippen molar-refractivity contribution in [2.45, 2.75) is 31.9 Å². The number of ether oxygens (including phenoxy) is 1. The minimum absolute atomic E-state index is 0.231. The molecule has 0 spiro atoms. The second-order valence-electron chi connectivity index (χ2n) is 6.87. The number of carbonyl (C=O) groups excluding carboxylic acids is 1. The first-order valence-electron chi connectivity index (χ1n) is 9.28. The van der Waals surface area contributed by atoms with Crippen LogP contribution in [0.25, 0.3) is 0 Å². The fourth-order valence-electron chi connectivity index (χ4n) is 3.04. The number of carbonyl (C=O) groups is 1. The molecule has 0 heterocycles.